The van der Waals surface area contributed by atoms with Gasteiger partial charge in [-0.05, 0) is 50.5 Å². The molecule has 0 radical (unpaired) electrons. The van der Waals surface area contributed by atoms with Gasteiger partial charge in [0, 0.05) is 17.9 Å². The van der Waals surface area contributed by atoms with E-state index in [1.165, 1.54) is 50.5 Å². The fraction of sp³-hybridized carbons (Fsp3) is 1.00. The highest BCUT2D eigenvalue weighted by Crippen LogP contribution is 2.44. The van der Waals surface area contributed by atoms with Crippen molar-refractivity contribution in [2.24, 2.45) is 11.3 Å². The van der Waals surface area contributed by atoms with Gasteiger partial charge in [0.05, 0.1) is 0 Å². The Morgan fingerprint density at radius 1 is 1.27 bits per heavy atom. The molecule has 0 aromatic heterocycles. The molecule has 1 nitrogen and oxygen atoms in total. The molecule has 1 heterocycles. The number of piperidine rings is 1. The molecule has 1 aliphatic carbocycles. The van der Waals surface area contributed by atoms with Crippen molar-refractivity contribution in [3.8, 4) is 0 Å². The first-order valence-corrected chi connectivity index (χ1v) is 7.59. The lowest BCUT2D eigenvalue weighted by molar-refractivity contribution is 0.0323. The summed E-state index contributed by atoms with van der Waals surface area (Å²) < 4.78 is 0. The third kappa shape index (κ3) is 2.41. The highest BCUT2D eigenvalue weighted by molar-refractivity contribution is 9.09. The van der Waals surface area contributed by atoms with Crippen molar-refractivity contribution in [2.75, 3.05) is 18.4 Å². The average Bonchev–Trinajstić information content (AvgIpc) is 2.18. The lowest BCUT2D eigenvalue weighted by atomic mass is 9.69. The molecule has 1 aliphatic heterocycles. The van der Waals surface area contributed by atoms with Crippen LogP contribution in [0.1, 0.15) is 46.0 Å². The fourth-order valence-corrected chi connectivity index (χ4v) is 3.82. The molecule has 0 aromatic carbocycles. The molecule has 2 rings (SSSR count). The van der Waals surface area contributed by atoms with Crippen molar-refractivity contribution in [1.29, 1.82) is 0 Å². The summed E-state index contributed by atoms with van der Waals surface area (Å²) in [6.07, 6.45) is 7.16. The number of alkyl halides is 1. The highest BCUT2D eigenvalue weighted by Gasteiger charge is 2.39. The van der Waals surface area contributed by atoms with Crippen LogP contribution in [-0.4, -0.2) is 29.4 Å². The van der Waals surface area contributed by atoms with E-state index in [4.69, 9.17) is 0 Å². The monoisotopic (exact) mass is 273 g/mol. The molecule has 0 N–H and O–H groups in total. The van der Waals surface area contributed by atoms with Crippen molar-refractivity contribution >= 4 is 15.9 Å². The number of rotatable bonds is 3. The Balaban J connectivity index is 1.92. The lowest BCUT2D eigenvalue weighted by Crippen LogP contribution is -2.50. The van der Waals surface area contributed by atoms with Crippen LogP contribution in [-0.2, 0) is 0 Å². The molecule has 88 valence electrons. The Bertz CT molecular complexity index is 207. The maximum Gasteiger partial charge on any atom is 0.0100 e. The minimum Gasteiger partial charge on any atom is -0.300 e. The summed E-state index contributed by atoms with van der Waals surface area (Å²) in [6, 6.07) is 0.801. The van der Waals surface area contributed by atoms with E-state index in [2.05, 4.69) is 34.7 Å². The summed E-state index contributed by atoms with van der Waals surface area (Å²) in [5, 5.41) is 1.21. The predicted octanol–water partition coefficient (Wildman–Crippen LogP) is 3.67. The Labute approximate surface area is 103 Å². The first kappa shape index (κ1) is 11.9. The van der Waals surface area contributed by atoms with E-state index in [0.29, 0.717) is 5.41 Å². The zero-order chi connectivity index (χ0) is 10.9. The molecular formula is C13H24BrN. The van der Waals surface area contributed by atoms with Gasteiger partial charge in [0.15, 0.2) is 0 Å². The van der Waals surface area contributed by atoms with Crippen LogP contribution in [0.3, 0.4) is 0 Å². The van der Waals surface area contributed by atoms with E-state index in [0.717, 1.165) is 12.0 Å². The Morgan fingerprint density at radius 3 is 2.53 bits per heavy atom. The second-order valence-electron chi connectivity index (χ2n) is 5.82. The summed E-state index contributed by atoms with van der Waals surface area (Å²) in [5.74, 6) is 0.895. The van der Waals surface area contributed by atoms with Gasteiger partial charge in [-0.1, -0.05) is 29.3 Å². The van der Waals surface area contributed by atoms with Gasteiger partial charge in [0.2, 0.25) is 0 Å². The molecule has 0 spiro atoms. The molecule has 0 aromatic rings. The van der Waals surface area contributed by atoms with Gasteiger partial charge in [-0.3, -0.25) is 4.90 Å². The van der Waals surface area contributed by atoms with Crippen LogP contribution in [0.4, 0.5) is 0 Å². The summed E-state index contributed by atoms with van der Waals surface area (Å²) in [4.78, 5) is 2.74. The zero-order valence-corrected chi connectivity index (χ0v) is 11.7. The van der Waals surface area contributed by atoms with Crippen LogP contribution in [0.2, 0.25) is 0 Å². The molecule has 0 bridgehead atoms. The maximum atomic E-state index is 3.72. The van der Waals surface area contributed by atoms with E-state index >= 15 is 0 Å². The average molecular weight is 274 g/mol. The summed E-state index contributed by atoms with van der Waals surface area (Å²) >= 11 is 3.72. The number of halogens is 1. The standard InChI is InChI=1S/C13H24BrN/c1-11-5-3-8-15(12(11)2)10-13(9-14)6-4-7-13/h11-12H,3-10H2,1-2H3. The molecule has 2 atom stereocenters. The first-order valence-electron chi connectivity index (χ1n) is 6.47. The van der Waals surface area contributed by atoms with Crippen LogP contribution < -0.4 is 0 Å². The highest BCUT2D eigenvalue weighted by atomic mass is 79.9. The number of hydrogen-bond donors (Lipinski definition) is 0. The van der Waals surface area contributed by atoms with Crippen molar-refractivity contribution in [2.45, 2.75) is 52.0 Å². The van der Waals surface area contributed by atoms with Crippen LogP contribution in [0.15, 0.2) is 0 Å². The second-order valence-corrected chi connectivity index (χ2v) is 6.38. The minimum atomic E-state index is 0.630. The molecule has 15 heavy (non-hydrogen) atoms. The van der Waals surface area contributed by atoms with E-state index in [1.54, 1.807) is 0 Å². The van der Waals surface area contributed by atoms with E-state index in [-0.39, 0.29) is 0 Å². The van der Waals surface area contributed by atoms with Gasteiger partial charge in [-0.15, -0.1) is 0 Å². The molecule has 1 saturated heterocycles. The largest absolute Gasteiger partial charge is 0.300 e. The third-order valence-corrected chi connectivity index (χ3v) is 5.93. The normalized spacial score (nSPS) is 36.2. The van der Waals surface area contributed by atoms with Crippen LogP contribution >= 0.6 is 15.9 Å². The van der Waals surface area contributed by atoms with Crippen molar-refractivity contribution < 1.29 is 0 Å². The van der Waals surface area contributed by atoms with E-state index in [9.17, 15) is 0 Å². The first-order chi connectivity index (χ1) is 7.17. The van der Waals surface area contributed by atoms with Gasteiger partial charge in [-0.2, -0.15) is 0 Å². The van der Waals surface area contributed by atoms with Crippen LogP contribution in [0.25, 0.3) is 0 Å². The number of likely N-dealkylation sites (tertiary alicyclic amines) is 1. The second kappa shape index (κ2) is 4.75. The Hall–Kier alpha value is 0.440. The Morgan fingerprint density at radius 2 is 2.00 bits per heavy atom. The predicted molar refractivity (Wildman–Crippen MR) is 69.5 cm³/mol. The molecule has 2 aliphatic rings. The summed E-state index contributed by atoms with van der Waals surface area (Å²) in [7, 11) is 0. The van der Waals surface area contributed by atoms with Gasteiger partial charge < -0.3 is 0 Å². The van der Waals surface area contributed by atoms with Gasteiger partial charge in [0.25, 0.3) is 0 Å². The number of nitrogens with zero attached hydrogens (tertiary/aromatic N) is 1. The fourth-order valence-electron chi connectivity index (χ4n) is 3.09. The molecular weight excluding hydrogens is 250 g/mol. The van der Waals surface area contributed by atoms with Gasteiger partial charge in [-0.25, -0.2) is 0 Å². The molecule has 2 fully saturated rings. The topological polar surface area (TPSA) is 3.24 Å². The minimum absolute atomic E-state index is 0.630. The molecule has 1 saturated carbocycles. The SMILES string of the molecule is CC1CCCN(CC2(CBr)CCC2)C1C. The summed E-state index contributed by atoms with van der Waals surface area (Å²) in [5.41, 5.74) is 0.630. The van der Waals surface area contributed by atoms with Crippen molar-refractivity contribution in [3.63, 3.8) is 0 Å². The van der Waals surface area contributed by atoms with Crippen molar-refractivity contribution in [3.05, 3.63) is 0 Å². The van der Waals surface area contributed by atoms with Crippen LogP contribution in [0.5, 0.6) is 0 Å². The van der Waals surface area contributed by atoms with Gasteiger partial charge in [0.1, 0.15) is 0 Å². The van der Waals surface area contributed by atoms with E-state index in [1.807, 2.05) is 0 Å². The smallest absolute Gasteiger partial charge is 0.0100 e. The Kier molecular flexibility index (Phi) is 3.77. The van der Waals surface area contributed by atoms with Crippen LogP contribution in [0, 0.1) is 11.3 Å². The number of hydrogen-bond acceptors (Lipinski definition) is 1. The lowest BCUT2D eigenvalue weighted by Gasteiger charge is -2.48. The zero-order valence-electron chi connectivity index (χ0n) is 10.1. The van der Waals surface area contributed by atoms with Crippen molar-refractivity contribution in [1.82, 2.24) is 4.90 Å². The quantitative estimate of drug-likeness (QED) is 0.710. The molecule has 2 heteroatoms. The third-order valence-electron chi connectivity index (χ3n) is 4.74. The molecule has 2 unspecified atom stereocenters. The summed E-state index contributed by atoms with van der Waals surface area (Å²) in [6.45, 7) is 7.51. The van der Waals surface area contributed by atoms with Gasteiger partial charge >= 0.3 is 0 Å². The molecule has 0 amide bonds. The van der Waals surface area contributed by atoms with E-state index < -0.39 is 0 Å². The maximum absolute atomic E-state index is 3.72.